The van der Waals surface area contributed by atoms with Gasteiger partial charge in [-0.05, 0) is 68.2 Å². The van der Waals surface area contributed by atoms with E-state index in [1.54, 1.807) is 23.1 Å². The number of carbonyl (C=O) groups is 1. The summed E-state index contributed by atoms with van der Waals surface area (Å²) in [5.41, 5.74) is -4.00. The van der Waals surface area contributed by atoms with Crippen LogP contribution < -0.4 is 15.1 Å². The van der Waals surface area contributed by atoms with Gasteiger partial charge in [0.25, 0.3) is 5.91 Å². The van der Waals surface area contributed by atoms with Gasteiger partial charge in [0.2, 0.25) is 5.60 Å². The van der Waals surface area contributed by atoms with Gasteiger partial charge in [-0.1, -0.05) is 6.07 Å². The number of aromatic nitrogens is 2. The number of nitrogens with one attached hydrogen (secondary N) is 1. The second-order valence-corrected chi connectivity index (χ2v) is 10.6. The Labute approximate surface area is 218 Å². The number of piperidine rings is 2. The average molecular weight is 536 g/mol. The highest BCUT2D eigenvalue weighted by molar-refractivity contribution is 6.07. The van der Waals surface area contributed by atoms with Crippen LogP contribution in [0.1, 0.15) is 54.6 Å². The fraction of sp³-hybridized carbons (Fsp3) is 0.577. The minimum absolute atomic E-state index is 0.0296. The first-order valence-corrected chi connectivity index (χ1v) is 12.9. The Hall–Kier alpha value is -2.96. The molecule has 1 saturated carbocycles. The molecule has 2 saturated heterocycles. The quantitative estimate of drug-likeness (QED) is 0.446. The van der Waals surface area contributed by atoms with Crippen LogP contribution in [-0.2, 0) is 5.60 Å². The summed E-state index contributed by atoms with van der Waals surface area (Å²) in [4.78, 5) is 25.7. The highest BCUT2D eigenvalue weighted by Crippen LogP contribution is 2.54. The molecule has 206 valence electrons. The zero-order valence-corrected chi connectivity index (χ0v) is 20.9. The number of anilines is 3. The summed E-state index contributed by atoms with van der Waals surface area (Å²) >= 11 is 0. The van der Waals surface area contributed by atoms with E-state index in [1.807, 2.05) is 4.90 Å². The van der Waals surface area contributed by atoms with E-state index in [-0.39, 0.29) is 22.6 Å². The molecule has 2 aliphatic heterocycles. The van der Waals surface area contributed by atoms with Crippen LogP contribution in [0.4, 0.5) is 30.6 Å². The monoisotopic (exact) mass is 535 g/mol. The van der Waals surface area contributed by atoms with Gasteiger partial charge < -0.3 is 30.4 Å². The van der Waals surface area contributed by atoms with E-state index in [1.165, 1.54) is 6.07 Å². The molecular formula is C26H32F3N5O4. The van der Waals surface area contributed by atoms with Gasteiger partial charge in [-0.25, -0.2) is 9.97 Å². The van der Waals surface area contributed by atoms with Gasteiger partial charge >= 0.3 is 6.18 Å². The Balaban J connectivity index is 1.44. The van der Waals surface area contributed by atoms with E-state index < -0.39 is 36.1 Å². The normalized spacial score (nSPS) is 22.7. The number of aliphatic hydroxyl groups excluding tert-OH is 2. The number of amides is 1. The molecule has 12 heteroatoms. The molecule has 4 heterocycles. The highest BCUT2D eigenvalue weighted by Gasteiger charge is 2.56. The molecule has 1 unspecified atom stereocenters. The van der Waals surface area contributed by atoms with Crippen molar-refractivity contribution in [2.45, 2.75) is 56.4 Å². The first kappa shape index (κ1) is 26.6. The van der Waals surface area contributed by atoms with Crippen molar-refractivity contribution < 1.29 is 33.3 Å². The van der Waals surface area contributed by atoms with Crippen molar-refractivity contribution >= 4 is 23.4 Å². The van der Waals surface area contributed by atoms with Crippen LogP contribution in [0, 0.1) is 5.41 Å². The summed E-state index contributed by atoms with van der Waals surface area (Å²) in [6.45, 7) is 0.597. The van der Waals surface area contributed by atoms with E-state index in [9.17, 15) is 33.3 Å². The summed E-state index contributed by atoms with van der Waals surface area (Å²) in [5, 5.41) is 32.4. The number of pyridine rings is 2. The van der Waals surface area contributed by atoms with Gasteiger partial charge in [-0.3, -0.25) is 4.79 Å². The van der Waals surface area contributed by atoms with Gasteiger partial charge in [-0.2, -0.15) is 13.2 Å². The molecule has 4 N–H and O–H groups in total. The predicted molar refractivity (Wildman–Crippen MR) is 134 cm³/mol. The van der Waals surface area contributed by atoms with E-state index in [2.05, 4.69) is 15.3 Å². The fourth-order valence-corrected chi connectivity index (χ4v) is 5.30. The number of rotatable bonds is 6. The molecule has 0 aromatic carbocycles. The molecule has 1 aliphatic carbocycles. The van der Waals surface area contributed by atoms with Crippen LogP contribution in [0.25, 0.3) is 0 Å². The third-order valence-electron chi connectivity index (χ3n) is 8.02. The Morgan fingerprint density at radius 2 is 1.79 bits per heavy atom. The SMILES string of the molecule is O=C(Nc1cccc(N2CCC[C@@H](O)C2)n1)c1ccc(C(O)(CO)C(F)(F)F)nc1N1CCC2(CC1)CC2. The number of hydrogen-bond acceptors (Lipinski definition) is 8. The predicted octanol–water partition coefficient (Wildman–Crippen LogP) is 2.81. The Morgan fingerprint density at radius 1 is 1.05 bits per heavy atom. The van der Waals surface area contributed by atoms with Crippen LogP contribution in [-0.4, -0.2) is 76.3 Å². The molecule has 3 fully saturated rings. The molecular weight excluding hydrogens is 503 g/mol. The minimum atomic E-state index is -5.16. The number of carbonyl (C=O) groups excluding carboxylic acids is 1. The molecule has 9 nitrogen and oxygen atoms in total. The lowest BCUT2D eigenvalue weighted by atomic mass is 9.93. The first-order chi connectivity index (χ1) is 18.0. The topological polar surface area (TPSA) is 122 Å². The van der Waals surface area contributed by atoms with Crippen molar-refractivity contribution in [2.24, 2.45) is 5.41 Å². The zero-order valence-electron chi connectivity index (χ0n) is 20.9. The minimum Gasteiger partial charge on any atom is -0.393 e. The van der Waals surface area contributed by atoms with Gasteiger partial charge in [0.15, 0.2) is 0 Å². The maximum atomic E-state index is 13.7. The summed E-state index contributed by atoms with van der Waals surface area (Å²) in [7, 11) is 0. The third kappa shape index (κ3) is 5.16. The number of alkyl halides is 3. The van der Waals surface area contributed by atoms with Crippen LogP contribution in [0.3, 0.4) is 0 Å². The molecule has 2 aromatic rings. The molecule has 0 radical (unpaired) electrons. The molecule has 0 bridgehead atoms. The van der Waals surface area contributed by atoms with Crippen molar-refractivity contribution in [1.82, 2.24) is 9.97 Å². The molecule has 2 aromatic heterocycles. The number of hydrogen-bond donors (Lipinski definition) is 4. The number of aliphatic hydroxyl groups is 3. The lowest BCUT2D eigenvalue weighted by Crippen LogP contribution is -2.46. The smallest absolute Gasteiger partial charge is 0.393 e. The van der Waals surface area contributed by atoms with Gasteiger partial charge in [0, 0.05) is 26.2 Å². The van der Waals surface area contributed by atoms with Crippen molar-refractivity contribution in [1.29, 1.82) is 0 Å². The molecule has 1 amide bonds. The number of halogens is 3. The van der Waals surface area contributed by atoms with E-state index in [0.717, 1.165) is 51.1 Å². The summed E-state index contributed by atoms with van der Waals surface area (Å²) in [6, 6.07) is 7.24. The standard InChI is InChI=1S/C26H32F3N5O4/c27-26(28,29)25(38,16-35)19-7-6-18(22(30-19)33-13-10-24(8-9-24)11-14-33)23(37)32-20-4-1-5-21(31-20)34-12-2-3-17(36)15-34/h1,4-7,17,35-36,38H,2-3,8-16H2,(H,31,32,37)/t17-,25?/m1/s1. The third-order valence-corrected chi connectivity index (χ3v) is 8.02. The van der Waals surface area contributed by atoms with Crippen LogP contribution in [0.2, 0.25) is 0 Å². The van der Waals surface area contributed by atoms with Gasteiger partial charge in [-0.15, -0.1) is 0 Å². The van der Waals surface area contributed by atoms with Crippen LogP contribution in [0.15, 0.2) is 30.3 Å². The zero-order chi connectivity index (χ0) is 27.1. The van der Waals surface area contributed by atoms with Crippen molar-refractivity contribution in [3.05, 3.63) is 41.6 Å². The molecule has 2 atom stereocenters. The maximum Gasteiger partial charge on any atom is 0.425 e. The van der Waals surface area contributed by atoms with E-state index in [4.69, 9.17) is 0 Å². The van der Waals surface area contributed by atoms with Gasteiger partial charge in [0.05, 0.1) is 24.0 Å². The molecule has 5 rings (SSSR count). The Morgan fingerprint density at radius 3 is 2.42 bits per heavy atom. The maximum absolute atomic E-state index is 13.7. The number of β-amino-alcohol motifs (C(OH)–C–C–N with tert-alkyl or cyclic N) is 1. The van der Waals surface area contributed by atoms with Gasteiger partial charge in [0.1, 0.15) is 17.5 Å². The lowest BCUT2D eigenvalue weighted by Gasteiger charge is -2.35. The highest BCUT2D eigenvalue weighted by atomic mass is 19.4. The van der Waals surface area contributed by atoms with E-state index >= 15 is 0 Å². The summed E-state index contributed by atoms with van der Waals surface area (Å²) in [6.07, 6.45) is -0.159. The van der Waals surface area contributed by atoms with Crippen LogP contribution >= 0.6 is 0 Å². The molecule has 38 heavy (non-hydrogen) atoms. The molecule has 3 aliphatic rings. The lowest BCUT2D eigenvalue weighted by molar-refractivity contribution is -0.279. The second kappa shape index (κ2) is 9.97. The Kier molecular flexibility index (Phi) is 6.99. The summed E-state index contributed by atoms with van der Waals surface area (Å²) < 4.78 is 41.0. The molecule has 1 spiro atoms. The van der Waals surface area contributed by atoms with Crippen molar-refractivity contribution in [3.8, 4) is 0 Å². The van der Waals surface area contributed by atoms with Crippen LogP contribution in [0.5, 0.6) is 0 Å². The average Bonchev–Trinajstić information content (AvgIpc) is 3.66. The second-order valence-electron chi connectivity index (χ2n) is 10.6. The van der Waals surface area contributed by atoms with Crippen molar-refractivity contribution in [3.63, 3.8) is 0 Å². The fourth-order valence-electron chi connectivity index (χ4n) is 5.30. The number of nitrogens with zero attached hydrogens (tertiary/aromatic N) is 4. The Bertz CT molecular complexity index is 1180. The van der Waals surface area contributed by atoms with Crippen molar-refractivity contribution in [2.75, 3.05) is 47.9 Å². The first-order valence-electron chi connectivity index (χ1n) is 12.9. The van der Waals surface area contributed by atoms with E-state index in [0.29, 0.717) is 25.5 Å². The summed E-state index contributed by atoms with van der Waals surface area (Å²) in [5.74, 6) is 0.273. The largest absolute Gasteiger partial charge is 0.425 e.